The fourth-order valence-corrected chi connectivity index (χ4v) is 3.71. The second-order valence-corrected chi connectivity index (χ2v) is 6.69. The normalized spacial score (nSPS) is 18.8. The zero-order valence-electron chi connectivity index (χ0n) is 13.8. The fourth-order valence-electron chi connectivity index (χ4n) is 3.04. The largest absolute Gasteiger partial charge is 0.508 e. The Morgan fingerprint density at radius 3 is 2.56 bits per heavy atom. The van der Waals surface area contributed by atoms with E-state index in [-0.39, 0.29) is 17.1 Å². The van der Waals surface area contributed by atoms with Crippen molar-refractivity contribution in [3.8, 4) is 5.75 Å². The molecule has 1 atom stereocenters. The third kappa shape index (κ3) is 2.85. The summed E-state index contributed by atoms with van der Waals surface area (Å²) in [5.41, 5.74) is 0.791. The Bertz CT molecular complexity index is 1050. The number of nitrogens with zero attached hydrogens (tertiary/aromatic N) is 3. The molecule has 1 aromatic carbocycles. The first-order valence-corrected chi connectivity index (χ1v) is 8.85. The van der Waals surface area contributed by atoms with Crippen molar-refractivity contribution in [3.63, 3.8) is 0 Å². The van der Waals surface area contributed by atoms with Gasteiger partial charge in [0.15, 0.2) is 5.13 Å². The van der Waals surface area contributed by atoms with Crippen LogP contribution in [0.3, 0.4) is 0 Å². The van der Waals surface area contributed by atoms with Crippen molar-refractivity contribution in [2.45, 2.75) is 6.04 Å². The van der Waals surface area contributed by atoms with E-state index in [2.05, 4.69) is 9.97 Å². The molecule has 3 aromatic rings. The van der Waals surface area contributed by atoms with Gasteiger partial charge in [-0.1, -0.05) is 12.1 Å². The molecule has 0 saturated carbocycles. The molecule has 2 aromatic heterocycles. The minimum Gasteiger partial charge on any atom is -0.508 e. The summed E-state index contributed by atoms with van der Waals surface area (Å²) in [7, 11) is 0. The lowest BCUT2D eigenvalue weighted by atomic mass is 9.95. The molecular formula is C19H13N3O4S. The van der Waals surface area contributed by atoms with Gasteiger partial charge in [-0.25, -0.2) is 4.98 Å². The number of phenols is 1. The van der Waals surface area contributed by atoms with Crippen molar-refractivity contribution in [1.82, 2.24) is 9.97 Å². The highest BCUT2D eigenvalue weighted by Crippen LogP contribution is 2.43. The van der Waals surface area contributed by atoms with E-state index in [1.807, 2.05) is 0 Å². The number of carbonyl (C=O) groups excluding carboxylic acids is 2. The SMILES string of the molecule is O=C1C(=O)N(c2nccs2)C(c2cccc(O)c2)C1=C(O)c1ccncc1. The molecule has 0 radical (unpaired) electrons. The Kier molecular flexibility index (Phi) is 4.17. The molecule has 1 aliphatic rings. The highest BCUT2D eigenvalue weighted by Gasteiger charge is 2.48. The zero-order chi connectivity index (χ0) is 19.0. The number of rotatable bonds is 3. The number of phenolic OH excluding ortho intramolecular Hbond substituents is 1. The molecule has 1 aliphatic heterocycles. The van der Waals surface area contributed by atoms with Crippen LogP contribution in [0, 0.1) is 0 Å². The van der Waals surface area contributed by atoms with E-state index in [0.29, 0.717) is 16.3 Å². The highest BCUT2D eigenvalue weighted by molar-refractivity contribution is 7.14. The Labute approximate surface area is 157 Å². The Morgan fingerprint density at radius 2 is 1.89 bits per heavy atom. The van der Waals surface area contributed by atoms with Gasteiger partial charge in [-0.15, -0.1) is 11.3 Å². The smallest absolute Gasteiger partial charge is 0.301 e. The van der Waals surface area contributed by atoms with Crippen LogP contribution in [0.5, 0.6) is 5.75 Å². The number of ketones is 1. The van der Waals surface area contributed by atoms with Crippen LogP contribution in [0.4, 0.5) is 5.13 Å². The van der Waals surface area contributed by atoms with Crippen LogP contribution in [0.15, 0.2) is 65.9 Å². The number of carbonyl (C=O) groups is 2. The number of hydrogen-bond donors (Lipinski definition) is 2. The first-order chi connectivity index (χ1) is 13.1. The lowest BCUT2D eigenvalue weighted by Gasteiger charge is -2.23. The number of aromatic hydroxyl groups is 1. The summed E-state index contributed by atoms with van der Waals surface area (Å²) < 4.78 is 0. The topological polar surface area (TPSA) is 104 Å². The van der Waals surface area contributed by atoms with Crippen molar-refractivity contribution >= 4 is 33.9 Å². The van der Waals surface area contributed by atoms with Crippen molar-refractivity contribution in [2.24, 2.45) is 0 Å². The molecule has 8 heteroatoms. The van der Waals surface area contributed by atoms with Gasteiger partial charge in [-0.05, 0) is 29.8 Å². The number of benzene rings is 1. The van der Waals surface area contributed by atoms with Gasteiger partial charge in [-0.3, -0.25) is 19.5 Å². The first kappa shape index (κ1) is 16.9. The zero-order valence-corrected chi connectivity index (χ0v) is 14.6. The monoisotopic (exact) mass is 379 g/mol. The van der Waals surface area contributed by atoms with Crippen LogP contribution in [0.25, 0.3) is 5.76 Å². The average molecular weight is 379 g/mol. The maximum Gasteiger partial charge on any atom is 0.301 e. The summed E-state index contributed by atoms with van der Waals surface area (Å²) in [6.07, 6.45) is 4.49. The van der Waals surface area contributed by atoms with Crippen LogP contribution >= 0.6 is 11.3 Å². The summed E-state index contributed by atoms with van der Waals surface area (Å²) in [5, 5.41) is 22.7. The van der Waals surface area contributed by atoms with E-state index in [1.54, 1.807) is 29.6 Å². The number of pyridine rings is 1. The van der Waals surface area contributed by atoms with E-state index < -0.39 is 17.7 Å². The van der Waals surface area contributed by atoms with Crippen molar-refractivity contribution in [3.05, 3.63) is 77.1 Å². The van der Waals surface area contributed by atoms with Crippen molar-refractivity contribution < 1.29 is 19.8 Å². The van der Waals surface area contributed by atoms with Gasteiger partial charge in [0, 0.05) is 29.5 Å². The van der Waals surface area contributed by atoms with Gasteiger partial charge >= 0.3 is 5.91 Å². The molecule has 2 N–H and O–H groups in total. The lowest BCUT2D eigenvalue weighted by molar-refractivity contribution is -0.132. The number of aliphatic hydroxyl groups excluding tert-OH is 1. The molecule has 1 amide bonds. The van der Waals surface area contributed by atoms with Crippen molar-refractivity contribution in [2.75, 3.05) is 4.90 Å². The molecule has 0 spiro atoms. The minimum atomic E-state index is -0.906. The summed E-state index contributed by atoms with van der Waals surface area (Å²) in [4.78, 5) is 34.8. The molecule has 1 saturated heterocycles. The molecule has 0 aliphatic carbocycles. The Balaban J connectivity index is 1.96. The van der Waals surface area contributed by atoms with Gasteiger partial charge < -0.3 is 10.2 Å². The molecule has 1 unspecified atom stereocenters. The average Bonchev–Trinajstić information content (AvgIpc) is 3.29. The van der Waals surface area contributed by atoms with E-state index in [4.69, 9.17) is 0 Å². The number of aliphatic hydroxyl groups is 1. The summed E-state index contributed by atoms with van der Waals surface area (Å²) in [5.74, 6) is -1.91. The molecule has 0 bridgehead atoms. The molecule has 3 heterocycles. The fraction of sp³-hybridized carbons (Fsp3) is 0.0526. The first-order valence-electron chi connectivity index (χ1n) is 7.97. The summed E-state index contributed by atoms with van der Waals surface area (Å²) in [6, 6.07) is 8.42. The third-order valence-electron chi connectivity index (χ3n) is 4.21. The molecule has 4 rings (SSSR count). The van der Waals surface area contributed by atoms with Crippen LogP contribution < -0.4 is 4.90 Å². The maximum atomic E-state index is 12.8. The van der Waals surface area contributed by atoms with Gasteiger partial charge in [0.05, 0.1) is 11.6 Å². The Morgan fingerprint density at radius 1 is 1.11 bits per heavy atom. The van der Waals surface area contributed by atoms with E-state index in [1.165, 1.54) is 47.0 Å². The van der Waals surface area contributed by atoms with E-state index >= 15 is 0 Å². The lowest BCUT2D eigenvalue weighted by Crippen LogP contribution is -2.29. The second kappa shape index (κ2) is 6.65. The minimum absolute atomic E-state index is 0.0128. The third-order valence-corrected chi connectivity index (χ3v) is 4.98. The second-order valence-electron chi connectivity index (χ2n) is 5.81. The predicted molar refractivity (Wildman–Crippen MR) is 99.2 cm³/mol. The van der Waals surface area contributed by atoms with Crippen molar-refractivity contribution in [1.29, 1.82) is 0 Å². The summed E-state index contributed by atoms with van der Waals surface area (Å²) >= 11 is 1.20. The molecule has 134 valence electrons. The van der Waals surface area contributed by atoms with Crippen LogP contribution in [0.2, 0.25) is 0 Å². The number of thiazole rings is 1. The van der Waals surface area contributed by atoms with Crippen LogP contribution in [0.1, 0.15) is 17.2 Å². The summed E-state index contributed by atoms with van der Waals surface area (Å²) in [6.45, 7) is 0. The standard InChI is InChI=1S/C19H13N3O4S/c23-13-3-1-2-12(10-13)15-14(16(24)11-4-6-20-7-5-11)17(25)18(26)22(15)19-21-8-9-27-19/h1-10,15,23-24H. The van der Waals surface area contributed by atoms with Gasteiger partial charge in [0.25, 0.3) is 5.78 Å². The number of anilines is 1. The van der Waals surface area contributed by atoms with Crippen LogP contribution in [-0.4, -0.2) is 31.9 Å². The number of amides is 1. The van der Waals surface area contributed by atoms with E-state index in [0.717, 1.165) is 0 Å². The Hall–Kier alpha value is -3.52. The quantitative estimate of drug-likeness (QED) is 0.412. The van der Waals surface area contributed by atoms with Gasteiger partial charge in [0.2, 0.25) is 0 Å². The van der Waals surface area contributed by atoms with E-state index in [9.17, 15) is 19.8 Å². The number of hydrogen-bond acceptors (Lipinski definition) is 7. The predicted octanol–water partition coefficient (Wildman–Crippen LogP) is 2.87. The molecular weight excluding hydrogens is 366 g/mol. The highest BCUT2D eigenvalue weighted by atomic mass is 32.1. The van der Waals surface area contributed by atoms with Crippen LogP contribution in [-0.2, 0) is 9.59 Å². The number of aromatic nitrogens is 2. The van der Waals surface area contributed by atoms with Gasteiger partial charge in [0.1, 0.15) is 11.5 Å². The molecule has 27 heavy (non-hydrogen) atoms. The maximum absolute atomic E-state index is 12.8. The number of Topliss-reactive ketones (excluding diaryl/α,β-unsaturated/α-hetero) is 1. The molecule has 7 nitrogen and oxygen atoms in total. The molecule has 1 fully saturated rings. The van der Waals surface area contributed by atoms with Gasteiger partial charge in [-0.2, -0.15) is 0 Å².